The number of hydrogen-bond donors (Lipinski definition) is 2. The zero-order chi connectivity index (χ0) is 24.1. The zero-order valence-electron chi connectivity index (χ0n) is 19.5. The topological polar surface area (TPSA) is 85.1 Å². The lowest BCUT2D eigenvalue weighted by atomic mass is 10.0. The van der Waals surface area contributed by atoms with Gasteiger partial charge in [0.15, 0.2) is 5.69 Å². The Morgan fingerprint density at radius 3 is 2.60 bits per heavy atom. The van der Waals surface area contributed by atoms with Crippen molar-refractivity contribution >= 4 is 39.2 Å². The van der Waals surface area contributed by atoms with Crippen LogP contribution in [0.25, 0.3) is 44.5 Å². The molecule has 0 radical (unpaired) electrons. The summed E-state index contributed by atoms with van der Waals surface area (Å²) in [5.74, 6) is 0.0886. The Morgan fingerprint density at radius 2 is 1.83 bits per heavy atom. The van der Waals surface area contributed by atoms with Crippen molar-refractivity contribution in [3.63, 3.8) is 0 Å². The maximum atomic E-state index is 12.9. The number of H-pyrrole nitrogens is 2. The first-order valence-electron chi connectivity index (χ1n) is 11.6. The maximum Gasteiger partial charge on any atom is 0.276 e. The van der Waals surface area contributed by atoms with Gasteiger partial charge in [-0.2, -0.15) is 0 Å². The minimum Gasteiger partial charge on any atom is -0.353 e. The third kappa shape index (κ3) is 3.94. The predicted octanol–water partition coefficient (Wildman–Crippen LogP) is 4.58. The number of likely N-dealkylation sites (N-methyl/N-ethyl adjacent to an activating group) is 1. The zero-order valence-corrected chi connectivity index (χ0v) is 20.4. The number of aromatic amines is 2. The molecule has 3 aromatic heterocycles. The van der Waals surface area contributed by atoms with E-state index in [4.69, 9.17) is 0 Å². The Labute approximate surface area is 206 Å². The van der Waals surface area contributed by atoms with Crippen LogP contribution in [0.2, 0.25) is 0 Å². The molecule has 1 saturated heterocycles. The van der Waals surface area contributed by atoms with Crippen molar-refractivity contribution in [2.45, 2.75) is 12.5 Å². The summed E-state index contributed by atoms with van der Waals surface area (Å²) in [7, 11) is 4.13. The van der Waals surface area contributed by atoms with Gasteiger partial charge < -0.3 is 19.8 Å². The fourth-order valence-electron chi connectivity index (χ4n) is 4.78. The molecule has 0 saturated carbocycles. The number of fused-ring (bicyclic) bond motifs is 2. The molecule has 2 N–H and O–H groups in total. The third-order valence-corrected chi connectivity index (χ3v) is 7.59. The van der Waals surface area contributed by atoms with E-state index in [9.17, 15) is 9.59 Å². The maximum absolute atomic E-state index is 12.9. The van der Waals surface area contributed by atoms with Crippen molar-refractivity contribution in [1.82, 2.24) is 24.8 Å². The van der Waals surface area contributed by atoms with Crippen LogP contribution in [0, 0.1) is 0 Å². The van der Waals surface area contributed by atoms with Gasteiger partial charge in [-0.05, 0) is 55.9 Å². The second-order valence-corrected chi connectivity index (χ2v) is 10.0. The lowest BCUT2D eigenvalue weighted by Gasteiger charge is -2.20. The number of hydrogen-bond acceptors (Lipinski definition) is 5. The van der Waals surface area contributed by atoms with Crippen LogP contribution in [0.15, 0.2) is 64.1 Å². The predicted molar refractivity (Wildman–Crippen MR) is 141 cm³/mol. The molecular weight excluding hydrogens is 458 g/mol. The summed E-state index contributed by atoms with van der Waals surface area (Å²) < 4.78 is 0. The second-order valence-electron chi connectivity index (χ2n) is 9.30. The van der Waals surface area contributed by atoms with E-state index >= 15 is 0 Å². The standard InChI is InChI=1S/C27H25N5O2S/c1-31(2)20-9-10-32(13-20)27(34)17-5-3-16(4-6-17)18-7-8-19-12-22(28-21(19)11-18)25-26(33)30-24-15-35-14-23(24)29-25/h3-8,11-12,14-15,20,28H,9-10,13H2,1-2H3,(H,30,33)/t20-/m0/s1. The first-order chi connectivity index (χ1) is 17.0. The number of benzene rings is 2. The minimum atomic E-state index is -0.210. The summed E-state index contributed by atoms with van der Waals surface area (Å²) >= 11 is 1.51. The average Bonchev–Trinajstić information content (AvgIpc) is 3.61. The summed E-state index contributed by atoms with van der Waals surface area (Å²) in [4.78, 5) is 40.4. The van der Waals surface area contributed by atoms with Gasteiger partial charge >= 0.3 is 0 Å². The molecule has 5 aromatic rings. The molecule has 1 amide bonds. The normalized spacial score (nSPS) is 16.1. The van der Waals surface area contributed by atoms with E-state index in [-0.39, 0.29) is 11.5 Å². The van der Waals surface area contributed by atoms with Gasteiger partial charge in [0, 0.05) is 46.4 Å². The van der Waals surface area contributed by atoms with Gasteiger partial charge in [-0.25, -0.2) is 4.98 Å². The molecule has 7 nitrogen and oxygen atoms in total. The van der Waals surface area contributed by atoms with Crippen molar-refractivity contribution in [3.8, 4) is 22.5 Å². The number of carbonyl (C=O) groups excluding carboxylic acids is 1. The quantitative estimate of drug-likeness (QED) is 0.392. The van der Waals surface area contributed by atoms with E-state index in [0.717, 1.165) is 52.6 Å². The highest BCUT2D eigenvalue weighted by Crippen LogP contribution is 2.28. The van der Waals surface area contributed by atoms with Gasteiger partial charge in [0.05, 0.1) is 16.7 Å². The Kier molecular flexibility index (Phi) is 5.27. The number of aromatic nitrogens is 3. The van der Waals surface area contributed by atoms with E-state index in [0.29, 0.717) is 23.0 Å². The first-order valence-corrected chi connectivity index (χ1v) is 12.6. The van der Waals surface area contributed by atoms with Crippen LogP contribution in [0.3, 0.4) is 0 Å². The SMILES string of the molecule is CN(C)[C@H]1CCN(C(=O)c2ccc(-c3ccc4cc(-c5nc6cscc6[nH]c5=O)[nH]c4c3)cc2)C1. The largest absolute Gasteiger partial charge is 0.353 e. The first kappa shape index (κ1) is 21.8. The smallest absolute Gasteiger partial charge is 0.276 e. The van der Waals surface area contributed by atoms with Crippen LogP contribution in [0.1, 0.15) is 16.8 Å². The van der Waals surface area contributed by atoms with Crippen LogP contribution in [-0.2, 0) is 0 Å². The third-order valence-electron chi connectivity index (χ3n) is 6.86. The summed E-state index contributed by atoms with van der Waals surface area (Å²) in [5, 5.41) is 4.82. The molecule has 4 heterocycles. The molecule has 0 unspecified atom stereocenters. The van der Waals surface area contributed by atoms with Gasteiger partial charge in [0.1, 0.15) is 0 Å². The van der Waals surface area contributed by atoms with E-state index in [1.54, 1.807) is 0 Å². The lowest BCUT2D eigenvalue weighted by Crippen LogP contribution is -2.34. The van der Waals surface area contributed by atoms with Gasteiger partial charge in [-0.15, -0.1) is 11.3 Å². The molecule has 0 aliphatic carbocycles. The van der Waals surface area contributed by atoms with Crippen LogP contribution < -0.4 is 5.56 Å². The molecule has 1 fully saturated rings. The molecule has 0 spiro atoms. The molecular formula is C27H25N5O2S. The van der Waals surface area contributed by atoms with Crippen molar-refractivity contribution in [2.75, 3.05) is 27.2 Å². The molecule has 176 valence electrons. The fraction of sp³-hybridized carbons (Fsp3) is 0.222. The van der Waals surface area contributed by atoms with Gasteiger partial charge in [-0.1, -0.05) is 24.3 Å². The number of nitrogens with zero attached hydrogens (tertiary/aromatic N) is 3. The van der Waals surface area contributed by atoms with Crippen molar-refractivity contribution in [1.29, 1.82) is 0 Å². The molecule has 35 heavy (non-hydrogen) atoms. The van der Waals surface area contributed by atoms with Crippen LogP contribution in [-0.4, -0.2) is 63.9 Å². The summed E-state index contributed by atoms with van der Waals surface area (Å²) in [6.07, 6.45) is 1.01. The summed E-state index contributed by atoms with van der Waals surface area (Å²) in [6.45, 7) is 1.57. The lowest BCUT2D eigenvalue weighted by molar-refractivity contribution is 0.0783. The van der Waals surface area contributed by atoms with E-state index in [1.165, 1.54) is 11.3 Å². The number of nitrogens with one attached hydrogen (secondary N) is 2. The Hall–Kier alpha value is -3.75. The number of rotatable bonds is 4. The Bertz CT molecular complexity index is 1610. The summed E-state index contributed by atoms with van der Waals surface area (Å²) in [5.41, 5.74) is 6.11. The second kappa shape index (κ2) is 8.48. The molecule has 1 aliphatic rings. The molecule has 0 bridgehead atoms. The minimum absolute atomic E-state index is 0.0886. The van der Waals surface area contributed by atoms with Gasteiger partial charge in [0.25, 0.3) is 11.5 Å². The number of likely N-dealkylation sites (tertiary alicyclic amines) is 1. The van der Waals surface area contributed by atoms with Crippen LogP contribution in [0.5, 0.6) is 0 Å². The highest BCUT2D eigenvalue weighted by molar-refractivity contribution is 7.09. The molecule has 1 atom stereocenters. The summed E-state index contributed by atoms with van der Waals surface area (Å²) in [6, 6.07) is 16.3. The molecule has 2 aromatic carbocycles. The number of amides is 1. The molecule has 1 aliphatic heterocycles. The van der Waals surface area contributed by atoms with E-state index < -0.39 is 0 Å². The number of carbonyl (C=O) groups is 1. The van der Waals surface area contributed by atoms with Crippen molar-refractivity contribution < 1.29 is 4.79 Å². The molecule has 8 heteroatoms. The monoisotopic (exact) mass is 483 g/mol. The fourth-order valence-corrected chi connectivity index (χ4v) is 5.47. The van der Waals surface area contributed by atoms with E-state index in [1.807, 2.05) is 52.1 Å². The molecule has 6 rings (SSSR count). The highest BCUT2D eigenvalue weighted by Gasteiger charge is 2.28. The van der Waals surface area contributed by atoms with E-state index in [2.05, 4.69) is 46.1 Å². The average molecular weight is 484 g/mol. The van der Waals surface area contributed by atoms with Crippen molar-refractivity contribution in [3.05, 3.63) is 75.2 Å². The van der Waals surface area contributed by atoms with Crippen LogP contribution >= 0.6 is 11.3 Å². The van der Waals surface area contributed by atoms with Crippen LogP contribution in [0.4, 0.5) is 0 Å². The Morgan fingerprint density at radius 1 is 1.03 bits per heavy atom. The highest BCUT2D eigenvalue weighted by atomic mass is 32.1. The van der Waals surface area contributed by atoms with Crippen molar-refractivity contribution in [2.24, 2.45) is 0 Å². The van der Waals surface area contributed by atoms with Gasteiger partial charge in [-0.3, -0.25) is 9.59 Å². The Balaban J connectivity index is 1.26. The number of thiophene rings is 1. The van der Waals surface area contributed by atoms with Gasteiger partial charge in [0.2, 0.25) is 0 Å².